The standard InChI is InChI=1S/C14H10ClN5O/c1-20-11-6-9-8(5-10(11)19-14(20)21)17-13(18-9)7-2-3-16-12(15)4-7/h2-6H,1H3,(H,17,18)(H,19,21). The number of H-pyrrole nitrogens is 2. The second-order valence-corrected chi connectivity index (χ2v) is 5.22. The van der Waals surface area contributed by atoms with E-state index in [2.05, 4.69) is 19.9 Å². The first-order valence-corrected chi connectivity index (χ1v) is 6.70. The van der Waals surface area contributed by atoms with Gasteiger partial charge in [-0.25, -0.2) is 14.8 Å². The molecular weight excluding hydrogens is 290 g/mol. The van der Waals surface area contributed by atoms with Gasteiger partial charge in [0.2, 0.25) is 0 Å². The number of rotatable bonds is 1. The molecule has 1 aromatic carbocycles. The summed E-state index contributed by atoms with van der Waals surface area (Å²) in [6.45, 7) is 0. The fourth-order valence-corrected chi connectivity index (χ4v) is 2.59. The summed E-state index contributed by atoms with van der Waals surface area (Å²) in [4.78, 5) is 26.2. The first-order chi connectivity index (χ1) is 10.1. The van der Waals surface area contributed by atoms with Crippen LogP contribution in [0.25, 0.3) is 33.5 Å². The molecule has 0 unspecified atom stereocenters. The van der Waals surface area contributed by atoms with E-state index >= 15 is 0 Å². The average molecular weight is 300 g/mol. The van der Waals surface area contributed by atoms with Gasteiger partial charge >= 0.3 is 5.69 Å². The van der Waals surface area contributed by atoms with Gasteiger partial charge in [-0.2, -0.15) is 0 Å². The Morgan fingerprint density at radius 3 is 2.86 bits per heavy atom. The summed E-state index contributed by atoms with van der Waals surface area (Å²) >= 11 is 5.90. The molecule has 4 rings (SSSR count). The second-order valence-electron chi connectivity index (χ2n) is 4.83. The third-order valence-electron chi connectivity index (χ3n) is 3.51. The molecular formula is C14H10ClN5O. The lowest BCUT2D eigenvalue weighted by molar-refractivity contribution is 0.892. The molecule has 3 heterocycles. The lowest BCUT2D eigenvalue weighted by Crippen LogP contribution is -2.11. The van der Waals surface area contributed by atoms with Crippen molar-refractivity contribution in [1.29, 1.82) is 0 Å². The molecule has 0 saturated carbocycles. The molecule has 6 nitrogen and oxygen atoms in total. The maximum Gasteiger partial charge on any atom is 0.326 e. The van der Waals surface area contributed by atoms with Gasteiger partial charge < -0.3 is 9.97 Å². The summed E-state index contributed by atoms with van der Waals surface area (Å²) in [6, 6.07) is 7.35. The van der Waals surface area contributed by atoms with Crippen molar-refractivity contribution in [2.24, 2.45) is 7.05 Å². The van der Waals surface area contributed by atoms with E-state index in [1.54, 1.807) is 23.9 Å². The Morgan fingerprint density at radius 1 is 1.19 bits per heavy atom. The van der Waals surface area contributed by atoms with Gasteiger partial charge in [0.05, 0.1) is 22.1 Å². The zero-order valence-corrected chi connectivity index (χ0v) is 11.8. The minimum absolute atomic E-state index is 0.140. The average Bonchev–Trinajstić information content (AvgIpc) is 2.99. The molecule has 21 heavy (non-hydrogen) atoms. The molecule has 0 amide bonds. The fourth-order valence-electron chi connectivity index (χ4n) is 2.42. The number of aromatic amines is 2. The molecule has 4 aromatic rings. The Kier molecular flexibility index (Phi) is 2.43. The quantitative estimate of drug-likeness (QED) is 0.530. The largest absolute Gasteiger partial charge is 0.338 e. The van der Waals surface area contributed by atoms with E-state index in [4.69, 9.17) is 11.6 Å². The van der Waals surface area contributed by atoms with Crippen LogP contribution in [0.1, 0.15) is 0 Å². The number of hydrogen-bond donors (Lipinski definition) is 2. The molecule has 104 valence electrons. The van der Waals surface area contributed by atoms with Gasteiger partial charge in [0.15, 0.2) is 0 Å². The number of hydrogen-bond acceptors (Lipinski definition) is 3. The number of fused-ring (bicyclic) bond motifs is 2. The molecule has 0 saturated heterocycles. The summed E-state index contributed by atoms with van der Waals surface area (Å²) in [5.74, 6) is 0.715. The van der Waals surface area contributed by atoms with Crippen LogP contribution in [0.4, 0.5) is 0 Å². The summed E-state index contributed by atoms with van der Waals surface area (Å²) < 4.78 is 1.56. The van der Waals surface area contributed by atoms with Crippen LogP contribution in [0.3, 0.4) is 0 Å². The molecule has 2 N–H and O–H groups in total. The summed E-state index contributed by atoms with van der Waals surface area (Å²) in [6.07, 6.45) is 1.64. The second kappa shape index (κ2) is 4.20. The van der Waals surface area contributed by atoms with Crippen molar-refractivity contribution in [3.63, 3.8) is 0 Å². The molecule has 0 spiro atoms. The predicted molar refractivity (Wildman–Crippen MR) is 81.4 cm³/mol. The van der Waals surface area contributed by atoms with Gasteiger partial charge in [0, 0.05) is 18.8 Å². The number of benzene rings is 1. The third-order valence-corrected chi connectivity index (χ3v) is 3.71. The smallest absolute Gasteiger partial charge is 0.326 e. The first kappa shape index (κ1) is 12.2. The Hall–Kier alpha value is -2.60. The van der Waals surface area contributed by atoms with Crippen LogP contribution in [-0.2, 0) is 7.05 Å². The first-order valence-electron chi connectivity index (χ1n) is 6.32. The van der Waals surface area contributed by atoms with Crippen LogP contribution >= 0.6 is 11.6 Å². The molecule has 0 bridgehead atoms. The molecule has 0 aliphatic heterocycles. The zero-order valence-electron chi connectivity index (χ0n) is 11.0. The number of nitrogens with one attached hydrogen (secondary N) is 2. The van der Waals surface area contributed by atoms with E-state index in [1.165, 1.54) is 0 Å². The van der Waals surface area contributed by atoms with Crippen LogP contribution in [0.15, 0.2) is 35.3 Å². The SMILES string of the molecule is Cn1c(=O)[nH]c2cc3[nH]c(-c4ccnc(Cl)c4)nc3cc21. The van der Waals surface area contributed by atoms with Crippen LogP contribution in [0.5, 0.6) is 0 Å². The van der Waals surface area contributed by atoms with E-state index in [1.807, 2.05) is 18.2 Å². The molecule has 0 atom stereocenters. The van der Waals surface area contributed by atoms with Crippen molar-refractivity contribution < 1.29 is 0 Å². The Balaban J connectivity index is 1.98. The Labute approximate surface area is 123 Å². The monoisotopic (exact) mass is 299 g/mol. The number of pyridine rings is 1. The summed E-state index contributed by atoms with van der Waals surface area (Å²) in [5.41, 5.74) is 3.96. The maximum atomic E-state index is 11.6. The fraction of sp³-hybridized carbons (Fsp3) is 0.0714. The van der Waals surface area contributed by atoms with E-state index < -0.39 is 0 Å². The van der Waals surface area contributed by atoms with Gasteiger partial charge in [-0.3, -0.25) is 4.57 Å². The maximum absolute atomic E-state index is 11.6. The van der Waals surface area contributed by atoms with Crippen molar-refractivity contribution in [3.8, 4) is 11.4 Å². The highest BCUT2D eigenvalue weighted by molar-refractivity contribution is 6.29. The number of halogens is 1. The summed E-state index contributed by atoms with van der Waals surface area (Å²) in [7, 11) is 1.73. The van der Waals surface area contributed by atoms with Crippen LogP contribution < -0.4 is 5.69 Å². The van der Waals surface area contributed by atoms with Gasteiger partial charge in [-0.05, 0) is 24.3 Å². The molecule has 0 radical (unpaired) electrons. The lowest BCUT2D eigenvalue weighted by Gasteiger charge is -1.95. The molecule has 0 fully saturated rings. The molecule has 7 heteroatoms. The highest BCUT2D eigenvalue weighted by atomic mass is 35.5. The summed E-state index contributed by atoms with van der Waals surface area (Å²) in [5, 5.41) is 0.419. The molecule has 3 aromatic heterocycles. The van der Waals surface area contributed by atoms with Gasteiger partial charge in [0.25, 0.3) is 0 Å². The number of aryl methyl sites for hydroxylation is 1. The molecule has 0 aliphatic carbocycles. The van der Waals surface area contributed by atoms with E-state index in [-0.39, 0.29) is 5.69 Å². The van der Waals surface area contributed by atoms with Crippen molar-refractivity contribution in [2.45, 2.75) is 0 Å². The minimum atomic E-state index is -0.140. The number of aromatic nitrogens is 5. The topological polar surface area (TPSA) is 79.4 Å². The lowest BCUT2D eigenvalue weighted by atomic mass is 10.2. The number of imidazole rings is 2. The van der Waals surface area contributed by atoms with Crippen LogP contribution in [0, 0.1) is 0 Å². The van der Waals surface area contributed by atoms with Gasteiger partial charge in [-0.1, -0.05) is 11.6 Å². The van der Waals surface area contributed by atoms with Crippen molar-refractivity contribution >= 4 is 33.7 Å². The number of nitrogens with zero attached hydrogens (tertiary/aromatic N) is 3. The Bertz CT molecular complexity index is 1040. The van der Waals surface area contributed by atoms with E-state index in [9.17, 15) is 4.79 Å². The highest BCUT2D eigenvalue weighted by Gasteiger charge is 2.10. The Morgan fingerprint density at radius 2 is 2.05 bits per heavy atom. The van der Waals surface area contributed by atoms with Crippen molar-refractivity contribution in [1.82, 2.24) is 24.5 Å². The third kappa shape index (κ3) is 1.84. The van der Waals surface area contributed by atoms with Crippen LogP contribution in [-0.4, -0.2) is 24.5 Å². The zero-order chi connectivity index (χ0) is 14.6. The van der Waals surface area contributed by atoms with E-state index in [0.717, 1.165) is 27.6 Å². The van der Waals surface area contributed by atoms with Crippen LogP contribution in [0.2, 0.25) is 5.15 Å². The van der Waals surface area contributed by atoms with Crippen molar-refractivity contribution in [2.75, 3.05) is 0 Å². The van der Waals surface area contributed by atoms with Gasteiger partial charge in [0.1, 0.15) is 11.0 Å². The predicted octanol–water partition coefficient (Wildman–Crippen LogP) is 2.46. The van der Waals surface area contributed by atoms with Gasteiger partial charge in [-0.15, -0.1) is 0 Å². The van der Waals surface area contributed by atoms with E-state index in [0.29, 0.717) is 11.0 Å². The molecule has 0 aliphatic rings. The normalized spacial score (nSPS) is 11.5. The van der Waals surface area contributed by atoms with Crippen molar-refractivity contribution in [3.05, 3.63) is 46.1 Å². The highest BCUT2D eigenvalue weighted by Crippen LogP contribution is 2.24. The minimum Gasteiger partial charge on any atom is -0.338 e.